The summed E-state index contributed by atoms with van der Waals surface area (Å²) in [5, 5.41) is 10.9. The number of likely N-dealkylation sites (N-methyl/N-ethyl adjacent to an activating group) is 1. The van der Waals surface area contributed by atoms with Crippen LogP contribution in [0.2, 0.25) is 5.02 Å². The molecule has 0 amide bonds. The zero-order valence-corrected chi connectivity index (χ0v) is 12.3. The maximum absolute atomic E-state index is 10.2. The Bertz CT molecular complexity index is 413. The predicted molar refractivity (Wildman–Crippen MR) is 77.5 cm³/mol. The summed E-state index contributed by atoms with van der Waals surface area (Å²) >= 11 is 5.94. The highest BCUT2D eigenvalue weighted by molar-refractivity contribution is 6.30. The minimum atomic E-state index is -0.459. The third-order valence-electron chi connectivity index (χ3n) is 3.89. The summed E-state index contributed by atoms with van der Waals surface area (Å²) in [5.41, 5.74) is 0.886. The van der Waals surface area contributed by atoms with Crippen LogP contribution in [0.4, 0.5) is 0 Å². The van der Waals surface area contributed by atoms with E-state index >= 15 is 0 Å². The fraction of sp³-hybridized carbons (Fsp3) is 0.600. The van der Waals surface area contributed by atoms with Gasteiger partial charge in [0.05, 0.1) is 12.2 Å². The lowest BCUT2D eigenvalue weighted by Gasteiger charge is -2.27. The summed E-state index contributed by atoms with van der Waals surface area (Å²) < 4.78 is 5.57. The van der Waals surface area contributed by atoms with Gasteiger partial charge in [-0.25, -0.2) is 0 Å². The van der Waals surface area contributed by atoms with Gasteiger partial charge < -0.3 is 14.7 Å². The number of benzene rings is 1. The summed E-state index contributed by atoms with van der Waals surface area (Å²) in [4.78, 5) is 2.28. The first-order chi connectivity index (χ1) is 9.08. The normalized spacial score (nSPS) is 24.9. The number of halogens is 1. The van der Waals surface area contributed by atoms with Gasteiger partial charge in [-0.15, -0.1) is 0 Å². The summed E-state index contributed by atoms with van der Waals surface area (Å²) in [7, 11) is 2.10. The van der Waals surface area contributed by atoms with Gasteiger partial charge in [0.15, 0.2) is 0 Å². The van der Waals surface area contributed by atoms with Crippen LogP contribution in [-0.4, -0.2) is 42.4 Å². The van der Waals surface area contributed by atoms with Gasteiger partial charge in [-0.2, -0.15) is 0 Å². The van der Waals surface area contributed by atoms with E-state index in [1.54, 1.807) is 0 Å². The van der Waals surface area contributed by atoms with Gasteiger partial charge in [0.2, 0.25) is 0 Å². The minimum Gasteiger partial charge on any atom is -0.388 e. The van der Waals surface area contributed by atoms with Crippen molar-refractivity contribution in [3.8, 4) is 0 Å². The number of aliphatic hydroxyl groups excluding tert-OH is 1. The molecule has 3 atom stereocenters. The Balaban J connectivity index is 1.84. The van der Waals surface area contributed by atoms with Gasteiger partial charge in [-0.1, -0.05) is 23.7 Å². The largest absolute Gasteiger partial charge is 0.388 e. The molecule has 1 saturated heterocycles. The Kier molecular flexibility index (Phi) is 5.22. The molecule has 0 aliphatic carbocycles. The topological polar surface area (TPSA) is 32.7 Å². The minimum absolute atomic E-state index is 0.285. The van der Waals surface area contributed by atoms with Crippen molar-refractivity contribution in [3.05, 3.63) is 34.9 Å². The Labute approximate surface area is 120 Å². The van der Waals surface area contributed by atoms with E-state index in [0.717, 1.165) is 25.1 Å². The van der Waals surface area contributed by atoms with Crippen molar-refractivity contribution in [2.75, 3.05) is 20.2 Å². The predicted octanol–water partition coefficient (Wildman–Crippen LogP) is 2.87. The second-order valence-corrected chi connectivity index (χ2v) is 5.71. The zero-order valence-electron chi connectivity index (χ0n) is 11.6. The van der Waals surface area contributed by atoms with E-state index in [4.69, 9.17) is 16.3 Å². The molecule has 1 fully saturated rings. The molecule has 1 heterocycles. The average molecular weight is 284 g/mol. The van der Waals surface area contributed by atoms with Crippen LogP contribution >= 0.6 is 11.6 Å². The van der Waals surface area contributed by atoms with Gasteiger partial charge in [0.25, 0.3) is 0 Å². The molecule has 106 valence electrons. The lowest BCUT2D eigenvalue weighted by Crippen LogP contribution is -2.37. The second kappa shape index (κ2) is 6.71. The van der Waals surface area contributed by atoms with Crippen molar-refractivity contribution < 1.29 is 9.84 Å². The summed E-state index contributed by atoms with van der Waals surface area (Å²) in [6.45, 7) is 3.81. The van der Waals surface area contributed by atoms with Crippen molar-refractivity contribution >= 4 is 11.6 Å². The molecule has 2 rings (SSSR count). The van der Waals surface area contributed by atoms with Crippen molar-refractivity contribution in [3.63, 3.8) is 0 Å². The smallest absolute Gasteiger partial charge is 0.0802 e. The molecule has 1 N–H and O–H groups in total. The molecule has 0 radical (unpaired) electrons. The SMILES string of the molecule is CC1OCCC1N(C)CCC(O)c1cccc(Cl)c1. The molecule has 3 unspecified atom stereocenters. The Morgan fingerprint density at radius 2 is 2.32 bits per heavy atom. The third kappa shape index (κ3) is 3.93. The number of rotatable bonds is 5. The van der Waals surface area contributed by atoms with Crippen molar-refractivity contribution in [1.82, 2.24) is 4.90 Å². The molecule has 0 bridgehead atoms. The first-order valence-corrected chi connectivity index (χ1v) is 7.21. The Morgan fingerprint density at radius 3 is 2.95 bits per heavy atom. The first-order valence-electron chi connectivity index (χ1n) is 6.83. The van der Waals surface area contributed by atoms with Crippen LogP contribution in [0.25, 0.3) is 0 Å². The molecule has 1 aromatic rings. The van der Waals surface area contributed by atoms with E-state index in [1.165, 1.54) is 0 Å². The van der Waals surface area contributed by atoms with Crippen LogP contribution in [0, 0.1) is 0 Å². The molecular formula is C15H22ClNO2. The third-order valence-corrected chi connectivity index (χ3v) is 4.13. The lowest BCUT2D eigenvalue weighted by molar-refractivity contribution is 0.0749. The number of hydrogen-bond acceptors (Lipinski definition) is 3. The van der Waals surface area contributed by atoms with Crippen molar-refractivity contribution in [2.24, 2.45) is 0 Å². The summed E-state index contributed by atoms with van der Waals surface area (Å²) in [6.07, 6.45) is 1.61. The molecule has 0 aromatic heterocycles. The monoisotopic (exact) mass is 283 g/mol. The van der Waals surface area contributed by atoms with Gasteiger partial charge >= 0.3 is 0 Å². The number of nitrogens with zero attached hydrogens (tertiary/aromatic N) is 1. The van der Waals surface area contributed by atoms with Gasteiger partial charge in [-0.05, 0) is 44.5 Å². The van der Waals surface area contributed by atoms with Crippen molar-refractivity contribution in [1.29, 1.82) is 0 Å². The highest BCUT2D eigenvalue weighted by Crippen LogP contribution is 2.23. The summed E-state index contributed by atoms with van der Waals surface area (Å²) in [5.74, 6) is 0. The number of ether oxygens (including phenoxy) is 1. The Hall–Kier alpha value is -0.610. The lowest BCUT2D eigenvalue weighted by atomic mass is 10.1. The fourth-order valence-corrected chi connectivity index (χ4v) is 2.87. The summed E-state index contributed by atoms with van der Waals surface area (Å²) in [6, 6.07) is 7.90. The van der Waals surface area contributed by atoms with Gasteiger partial charge in [0, 0.05) is 24.2 Å². The molecule has 3 nitrogen and oxygen atoms in total. The molecule has 1 aliphatic heterocycles. The molecule has 0 spiro atoms. The van der Waals surface area contributed by atoms with Crippen LogP contribution < -0.4 is 0 Å². The maximum Gasteiger partial charge on any atom is 0.0802 e. The maximum atomic E-state index is 10.2. The van der Waals surface area contributed by atoms with Crippen LogP contribution in [0.3, 0.4) is 0 Å². The fourth-order valence-electron chi connectivity index (χ4n) is 2.67. The quantitative estimate of drug-likeness (QED) is 0.902. The van der Waals surface area contributed by atoms with E-state index in [-0.39, 0.29) is 6.10 Å². The van der Waals surface area contributed by atoms with E-state index in [2.05, 4.69) is 18.9 Å². The molecule has 1 aliphatic rings. The second-order valence-electron chi connectivity index (χ2n) is 5.27. The van der Waals surface area contributed by atoms with E-state index in [0.29, 0.717) is 17.5 Å². The molecule has 19 heavy (non-hydrogen) atoms. The van der Waals surface area contributed by atoms with E-state index < -0.39 is 6.10 Å². The molecular weight excluding hydrogens is 262 g/mol. The van der Waals surface area contributed by atoms with Crippen LogP contribution in [-0.2, 0) is 4.74 Å². The van der Waals surface area contributed by atoms with Crippen LogP contribution in [0.15, 0.2) is 24.3 Å². The molecule has 0 saturated carbocycles. The highest BCUT2D eigenvalue weighted by Gasteiger charge is 2.27. The molecule has 4 heteroatoms. The van der Waals surface area contributed by atoms with Crippen LogP contribution in [0.5, 0.6) is 0 Å². The van der Waals surface area contributed by atoms with E-state index in [1.807, 2.05) is 24.3 Å². The standard InChI is InChI=1S/C15H22ClNO2/c1-11-14(7-9-19-11)17(2)8-6-15(18)12-4-3-5-13(16)10-12/h3-5,10-11,14-15,18H,6-9H2,1-2H3. The van der Waals surface area contributed by atoms with Gasteiger partial charge in [0.1, 0.15) is 0 Å². The average Bonchev–Trinajstić information content (AvgIpc) is 2.82. The van der Waals surface area contributed by atoms with Gasteiger partial charge in [-0.3, -0.25) is 0 Å². The van der Waals surface area contributed by atoms with Crippen molar-refractivity contribution in [2.45, 2.75) is 38.0 Å². The van der Waals surface area contributed by atoms with E-state index in [9.17, 15) is 5.11 Å². The molecule has 1 aromatic carbocycles. The first kappa shape index (κ1) is 14.8. The highest BCUT2D eigenvalue weighted by atomic mass is 35.5. The Morgan fingerprint density at radius 1 is 1.53 bits per heavy atom. The number of hydrogen-bond donors (Lipinski definition) is 1. The number of aliphatic hydroxyl groups is 1. The zero-order chi connectivity index (χ0) is 13.8. The van der Waals surface area contributed by atoms with Crippen LogP contribution in [0.1, 0.15) is 31.4 Å².